The molecule has 0 fully saturated rings. The quantitative estimate of drug-likeness (QED) is 0.474. The molecule has 0 radical (unpaired) electrons. The Bertz CT molecular complexity index is 454. The molecule has 0 aliphatic heterocycles. The molecule has 5 N–H and O–H groups in total. The van der Waals surface area contributed by atoms with Gasteiger partial charge in [0.2, 0.25) is 0 Å². The molecule has 0 aliphatic carbocycles. The normalized spacial score (nSPS) is 14.8. The monoisotopic (exact) mass is 310 g/mol. The van der Waals surface area contributed by atoms with Gasteiger partial charge >= 0.3 is 6.18 Å². The van der Waals surface area contributed by atoms with Crippen molar-refractivity contribution >= 4 is 23.4 Å². The summed E-state index contributed by atoms with van der Waals surface area (Å²) >= 11 is 1.44. The number of nitrogen functional groups attached to an aromatic ring is 1. The molecule has 1 heterocycles. The molecule has 0 aromatic carbocycles. The highest BCUT2D eigenvalue weighted by Crippen LogP contribution is 2.32. The first kappa shape index (κ1) is 16.9. The van der Waals surface area contributed by atoms with Crippen LogP contribution >= 0.6 is 11.8 Å². The fourth-order valence-corrected chi connectivity index (χ4v) is 2.23. The van der Waals surface area contributed by atoms with Crippen LogP contribution in [0.1, 0.15) is 12.5 Å². The summed E-state index contributed by atoms with van der Waals surface area (Å²) in [7, 11) is 0. The van der Waals surface area contributed by atoms with E-state index in [-0.39, 0.29) is 18.2 Å². The summed E-state index contributed by atoms with van der Waals surface area (Å²) in [5.74, 6) is 5.44. The summed E-state index contributed by atoms with van der Waals surface area (Å²) in [4.78, 5) is 3.86. The van der Waals surface area contributed by atoms with Gasteiger partial charge in [-0.25, -0.2) is 10.8 Å². The highest BCUT2D eigenvalue weighted by molar-refractivity contribution is 7.98. The number of hydrazine groups is 1. The Labute approximate surface area is 119 Å². The molecule has 114 valence electrons. The molecule has 0 aliphatic rings. The Morgan fingerprint density at radius 2 is 1.95 bits per heavy atom. The number of anilines is 2. The van der Waals surface area contributed by atoms with E-state index in [0.29, 0.717) is 5.75 Å². The average Bonchev–Trinajstić information content (AvgIpc) is 2.35. The minimum atomic E-state index is -4.49. The molecule has 1 atom stereocenters. The maximum absolute atomic E-state index is 12.7. The first-order chi connectivity index (χ1) is 9.18. The van der Waals surface area contributed by atoms with Crippen LogP contribution in [0, 0.1) is 0 Å². The summed E-state index contributed by atoms with van der Waals surface area (Å²) in [6.45, 7) is 1.67. The van der Waals surface area contributed by atoms with Gasteiger partial charge in [0.25, 0.3) is 0 Å². The number of hydrogen-bond donors (Lipinski definition) is 4. The Morgan fingerprint density at radius 3 is 2.45 bits per heavy atom. The summed E-state index contributed by atoms with van der Waals surface area (Å²) < 4.78 is 38.1. The number of nitrogens with two attached hydrogens (primary N) is 1. The van der Waals surface area contributed by atoms with Crippen LogP contribution in [0.25, 0.3) is 0 Å². The molecule has 0 saturated heterocycles. The van der Waals surface area contributed by atoms with E-state index in [4.69, 9.17) is 5.84 Å². The molecule has 9 heteroatoms. The van der Waals surface area contributed by atoms with E-state index in [9.17, 15) is 18.3 Å². The number of hydrogen-bond acceptors (Lipinski definition) is 6. The molecule has 0 spiro atoms. The third-order valence-electron chi connectivity index (χ3n) is 2.41. The summed E-state index contributed by atoms with van der Waals surface area (Å²) in [5.41, 5.74) is 0.166. The molecule has 5 nitrogen and oxygen atoms in total. The summed E-state index contributed by atoms with van der Waals surface area (Å²) in [6.07, 6.45) is -2.67. The summed E-state index contributed by atoms with van der Waals surface area (Å²) in [6, 6.07) is 1.68. The lowest BCUT2D eigenvalue weighted by Gasteiger charge is -2.23. The second-order valence-corrected chi connectivity index (χ2v) is 5.42. The number of alkyl halides is 3. The zero-order valence-electron chi connectivity index (χ0n) is 11.1. The van der Waals surface area contributed by atoms with E-state index in [2.05, 4.69) is 15.7 Å². The Morgan fingerprint density at radius 1 is 1.35 bits per heavy atom. The van der Waals surface area contributed by atoms with E-state index in [1.165, 1.54) is 11.8 Å². The third-order valence-corrected chi connectivity index (χ3v) is 3.32. The van der Waals surface area contributed by atoms with Crippen LogP contribution in [-0.2, 0) is 6.18 Å². The van der Waals surface area contributed by atoms with Crippen LogP contribution in [0.15, 0.2) is 12.1 Å². The number of nitrogens with one attached hydrogen (secondary N) is 2. The van der Waals surface area contributed by atoms with Crippen molar-refractivity contribution in [2.45, 2.75) is 18.7 Å². The molecule has 20 heavy (non-hydrogen) atoms. The van der Waals surface area contributed by atoms with Crippen molar-refractivity contribution < 1.29 is 18.3 Å². The van der Waals surface area contributed by atoms with Crippen LogP contribution in [0.5, 0.6) is 0 Å². The molecular formula is C11H17F3N4OS. The van der Waals surface area contributed by atoms with Crippen LogP contribution in [0.3, 0.4) is 0 Å². The topological polar surface area (TPSA) is 83.2 Å². The second kappa shape index (κ2) is 6.51. The fraction of sp³-hybridized carbons (Fsp3) is 0.545. The minimum absolute atomic E-state index is 0.00541. The first-order valence-corrected chi connectivity index (χ1v) is 7.08. The van der Waals surface area contributed by atoms with E-state index in [0.717, 1.165) is 12.1 Å². The number of pyridine rings is 1. The lowest BCUT2D eigenvalue weighted by Crippen LogP contribution is -2.36. The number of nitrogens with zero attached hydrogens (tertiary/aromatic N) is 1. The van der Waals surface area contributed by atoms with Crippen molar-refractivity contribution in [2.24, 2.45) is 5.84 Å². The predicted octanol–water partition coefficient (Wildman–Crippen LogP) is 1.91. The average molecular weight is 310 g/mol. The van der Waals surface area contributed by atoms with Crippen LogP contribution < -0.4 is 16.6 Å². The highest BCUT2D eigenvalue weighted by atomic mass is 32.2. The number of thioether (sulfide) groups is 1. The molecule has 0 saturated carbocycles. The Hall–Kier alpha value is -1.19. The number of aromatic nitrogens is 1. The maximum atomic E-state index is 12.7. The number of rotatable bonds is 6. The molecule has 0 amide bonds. The van der Waals surface area contributed by atoms with Gasteiger partial charge in [-0.2, -0.15) is 24.9 Å². The lowest BCUT2D eigenvalue weighted by atomic mass is 10.1. The van der Waals surface area contributed by atoms with Gasteiger partial charge in [0.15, 0.2) is 0 Å². The van der Waals surface area contributed by atoms with Crippen molar-refractivity contribution in [3.8, 4) is 0 Å². The Balaban J connectivity index is 2.90. The third kappa shape index (κ3) is 5.06. The van der Waals surface area contributed by atoms with Crippen molar-refractivity contribution in [1.29, 1.82) is 0 Å². The molecule has 1 aromatic heterocycles. The largest absolute Gasteiger partial charge is 0.416 e. The number of aliphatic hydroxyl groups is 1. The van der Waals surface area contributed by atoms with Gasteiger partial charge in [-0.05, 0) is 25.3 Å². The van der Waals surface area contributed by atoms with Gasteiger partial charge in [0.05, 0.1) is 11.2 Å². The van der Waals surface area contributed by atoms with Crippen LogP contribution in [-0.4, -0.2) is 34.2 Å². The maximum Gasteiger partial charge on any atom is 0.416 e. The van der Waals surface area contributed by atoms with E-state index >= 15 is 0 Å². The number of halogens is 3. The zero-order chi connectivity index (χ0) is 15.4. The van der Waals surface area contributed by atoms with Crippen molar-refractivity contribution in [3.63, 3.8) is 0 Å². The highest BCUT2D eigenvalue weighted by Gasteiger charge is 2.32. The van der Waals surface area contributed by atoms with Gasteiger partial charge in [0, 0.05) is 12.3 Å². The van der Waals surface area contributed by atoms with Crippen molar-refractivity contribution in [3.05, 3.63) is 17.7 Å². The molecule has 1 rings (SSSR count). The fourth-order valence-electron chi connectivity index (χ4n) is 1.50. The van der Waals surface area contributed by atoms with Gasteiger partial charge in [-0.3, -0.25) is 0 Å². The van der Waals surface area contributed by atoms with E-state index in [1.807, 2.05) is 6.26 Å². The molecule has 0 bridgehead atoms. The van der Waals surface area contributed by atoms with Crippen molar-refractivity contribution in [1.82, 2.24) is 4.98 Å². The second-order valence-electron chi connectivity index (χ2n) is 4.55. The predicted molar refractivity (Wildman–Crippen MR) is 74.5 cm³/mol. The minimum Gasteiger partial charge on any atom is -0.387 e. The van der Waals surface area contributed by atoms with Crippen molar-refractivity contribution in [2.75, 3.05) is 29.3 Å². The van der Waals surface area contributed by atoms with E-state index in [1.54, 1.807) is 6.92 Å². The van der Waals surface area contributed by atoms with Gasteiger partial charge in [-0.15, -0.1) is 0 Å². The lowest BCUT2D eigenvalue weighted by molar-refractivity contribution is -0.137. The summed E-state index contributed by atoms with van der Waals surface area (Å²) in [5, 5.41) is 12.6. The van der Waals surface area contributed by atoms with Gasteiger partial charge < -0.3 is 15.8 Å². The SMILES string of the molecule is CSCC(C)(O)CNc1cc(C(F)(F)F)cc(NN)n1. The van der Waals surface area contributed by atoms with Crippen LogP contribution in [0.2, 0.25) is 0 Å². The molecule has 1 unspecified atom stereocenters. The van der Waals surface area contributed by atoms with Gasteiger partial charge in [-0.1, -0.05) is 0 Å². The Kier molecular flexibility index (Phi) is 5.49. The first-order valence-electron chi connectivity index (χ1n) is 5.69. The zero-order valence-corrected chi connectivity index (χ0v) is 11.9. The van der Waals surface area contributed by atoms with E-state index < -0.39 is 17.3 Å². The smallest absolute Gasteiger partial charge is 0.387 e. The molecule has 1 aromatic rings. The molecular weight excluding hydrogens is 293 g/mol. The standard InChI is InChI=1S/C11H17F3N4OS/c1-10(19,6-20-2)5-16-8-3-7(11(12,13)14)4-9(17-8)18-15/h3-4,19H,5-6,15H2,1-2H3,(H2,16,17,18). The van der Waals surface area contributed by atoms with Gasteiger partial charge in [0.1, 0.15) is 11.6 Å². The van der Waals surface area contributed by atoms with Crippen LogP contribution in [0.4, 0.5) is 24.8 Å².